The fourth-order valence-corrected chi connectivity index (χ4v) is 2.44. The molecule has 0 radical (unpaired) electrons. The fourth-order valence-electron chi connectivity index (χ4n) is 2.18. The molecule has 0 atom stereocenters. The highest BCUT2D eigenvalue weighted by Gasteiger charge is 2.11. The van der Waals surface area contributed by atoms with Crippen LogP contribution in [-0.4, -0.2) is 5.91 Å². The van der Waals surface area contributed by atoms with Crippen LogP contribution in [0.3, 0.4) is 0 Å². The van der Waals surface area contributed by atoms with Crippen LogP contribution in [-0.2, 0) is 13.2 Å². The van der Waals surface area contributed by atoms with Crippen LogP contribution >= 0.6 is 15.9 Å². The zero-order chi connectivity index (χ0) is 17.6. The predicted molar refractivity (Wildman–Crippen MR) is 94.8 cm³/mol. The van der Waals surface area contributed by atoms with E-state index in [1.54, 1.807) is 24.3 Å². The van der Waals surface area contributed by atoms with Crippen LogP contribution in [0.2, 0.25) is 0 Å². The average molecular weight is 404 g/mol. The molecule has 0 saturated carbocycles. The number of nitrogens with one attached hydrogen (secondary N) is 1. The van der Waals surface area contributed by atoms with Crippen molar-refractivity contribution in [3.05, 3.63) is 88.0 Å². The number of hydrogen-bond donors (Lipinski definition) is 1. The highest BCUT2D eigenvalue weighted by atomic mass is 79.9. The SMILES string of the molecule is O=C(NCc1cccc(F)c1)c1ccc(COc2ccc(Br)cc2)o1. The quantitative estimate of drug-likeness (QED) is 0.649. The third-order valence-electron chi connectivity index (χ3n) is 3.42. The summed E-state index contributed by atoms with van der Waals surface area (Å²) >= 11 is 3.36. The van der Waals surface area contributed by atoms with Crippen LogP contribution in [0.25, 0.3) is 0 Å². The second-order valence-electron chi connectivity index (χ2n) is 5.32. The topological polar surface area (TPSA) is 51.5 Å². The van der Waals surface area contributed by atoms with Gasteiger partial charge in [0.15, 0.2) is 5.76 Å². The molecule has 0 aliphatic rings. The number of rotatable bonds is 6. The molecule has 128 valence electrons. The zero-order valence-corrected chi connectivity index (χ0v) is 14.8. The van der Waals surface area contributed by atoms with Crippen molar-refractivity contribution < 1.29 is 18.3 Å². The minimum atomic E-state index is -0.362. The molecule has 1 heterocycles. The minimum absolute atomic E-state index is 0.186. The monoisotopic (exact) mass is 403 g/mol. The molecule has 0 saturated heterocycles. The van der Waals surface area contributed by atoms with Crippen LogP contribution in [0.1, 0.15) is 21.9 Å². The first-order chi connectivity index (χ1) is 12.1. The molecule has 1 N–H and O–H groups in total. The van der Waals surface area contributed by atoms with Crippen LogP contribution < -0.4 is 10.1 Å². The lowest BCUT2D eigenvalue weighted by Gasteiger charge is -2.05. The Kier molecular flexibility index (Phi) is 5.50. The van der Waals surface area contributed by atoms with E-state index in [-0.39, 0.29) is 30.6 Å². The maximum Gasteiger partial charge on any atom is 0.287 e. The molecule has 1 amide bonds. The Hall–Kier alpha value is -2.60. The van der Waals surface area contributed by atoms with E-state index in [0.29, 0.717) is 17.1 Å². The predicted octanol–water partition coefficient (Wildman–Crippen LogP) is 4.69. The summed E-state index contributed by atoms with van der Waals surface area (Å²) in [5, 5.41) is 2.69. The van der Waals surface area contributed by atoms with Crippen molar-refractivity contribution in [1.82, 2.24) is 5.32 Å². The minimum Gasteiger partial charge on any atom is -0.486 e. The van der Waals surface area contributed by atoms with Gasteiger partial charge in [-0.3, -0.25) is 4.79 Å². The molecule has 3 rings (SSSR count). The lowest BCUT2D eigenvalue weighted by atomic mass is 10.2. The number of ether oxygens (including phenoxy) is 1. The van der Waals surface area contributed by atoms with Crippen molar-refractivity contribution in [2.45, 2.75) is 13.2 Å². The van der Waals surface area contributed by atoms with Gasteiger partial charge in [-0.05, 0) is 54.1 Å². The Bertz CT molecular complexity index is 861. The molecule has 4 nitrogen and oxygen atoms in total. The molecule has 0 unspecified atom stereocenters. The number of carbonyl (C=O) groups is 1. The summed E-state index contributed by atoms with van der Waals surface area (Å²) in [6.07, 6.45) is 0. The van der Waals surface area contributed by atoms with E-state index in [0.717, 1.165) is 4.47 Å². The van der Waals surface area contributed by atoms with Gasteiger partial charge >= 0.3 is 0 Å². The van der Waals surface area contributed by atoms with Crippen molar-refractivity contribution in [3.8, 4) is 5.75 Å². The van der Waals surface area contributed by atoms with Crippen molar-refractivity contribution in [1.29, 1.82) is 0 Å². The summed E-state index contributed by atoms with van der Waals surface area (Å²) in [6, 6.07) is 16.8. The van der Waals surface area contributed by atoms with E-state index in [4.69, 9.17) is 9.15 Å². The van der Waals surface area contributed by atoms with E-state index >= 15 is 0 Å². The van der Waals surface area contributed by atoms with Crippen molar-refractivity contribution in [2.24, 2.45) is 0 Å². The summed E-state index contributed by atoms with van der Waals surface area (Å²) in [6.45, 7) is 0.445. The zero-order valence-electron chi connectivity index (χ0n) is 13.2. The molecule has 0 aliphatic carbocycles. The first-order valence-corrected chi connectivity index (χ1v) is 8.39. The Labute approximate surface area is 152 Å². The van der Waals surface area contributed by atoms with Gasteiger partial charge in [-0.2, -0.15) is 0 Å². The standard InChI is InChI=1S/C19H15BrFNO3/c20-14-4-6-16(7-5-14)24-12-17-8-9-18(25-17)19(23)22-11-13-2-1-3-15(21)10-13/h1-10H,11-12H2,(H,22,23). The summed E-state index contributed by atoms with van der Waals surface area (Å²) < 4.78 is 25.2. The largest absolute Gasteiger partial charge is 0.486 e. The molecular weight excluding hydrogens is 389 g/mol. The second kappa shape index (κ2) is 7.98. The van der Waals surface area contributed by atoms with Gasteiger partial charge in [-0.25, -0.2) is 4.39 Å². The molecule has 1 aromatic heterocycles. The highest BCUT2D eigenvalue weighted by Crippen LogP contribution is 2.18. The van der Waals surface area contributed by atoms with Crippen LogP contribution in [0.15, 0.2) is 69.6 Å². The number of halogens is 2. The molecule has 0 aliphatic heterocycles. The first kappa shape index (κ1) is 17.2. The molecule has 3 aromatic rings. The molecule has 6 heteroatoms. The van der Waals surface area contributed by atoms with Gasteiger partial charge in [0.2, 0.25) is 0 Å². The molecule has 25 heavy (non-hydrogen) atoms. The lowest BCUT2D eigenvalue weighted by molar-refractivity contribution is 0.0919. The summed E-state index contributed by atoms with van der Waals surface area (Å²) in [5.41, 5.74) is 0.679. The molecule has 0 spiro atoms. The highest BCUT2D eigenvalue weighted by molar-refractivity contribution is 9.10. The van der Waals surface area contributed by atoms with E-state index in [9.17, 15) is 9.18 Å². The maximum absolute atomic E-state index is 13.1. The number of hydrogen-bond acceptors (Lipinski definition) is 3. The van der Waals surface area contributed by atoms with Crippen molar-refractivity contribution >= 4 is 21.8 Å². The summed E-state index contributed by atoms with van der Waals surface area (Å²) in [7, 11) is 0. The lowest BCUT2D eigenvalue weighted by Crippen LogP contribution is -2.22. The number of amides is 1. The van der Waals surface area contributed by atoms with Gasteiger partial charge in [-0.15, -0.1) is 0 Å². The first-order valence-electron chi connectivity index (χ1n) is 7.60. The van der Waals surface area contributed by atoms with E-state index in [1.807, 2.05) is 24.3 Å². The van der Waals surface area contributed by atoms with Gasteiger partial charge in [-0.1, -0.05) is 28.1 Å². The fraction of sp³-hybridized carbons (Fsp3) is 0.105. The molecule has 0 bridgehead atoms. The third kappa shape index (κ3) is 4.93. The third-order valence-corrected chi connectivity index (χ3v) is 3.95. The normalized spacial score (nSPS) is 10.5. The number of carbonyl (C=O) groups excluding carboxylic acids is 1. The average Bonchev–Trinajstić information content (AvgIpc) is 3.08. The molecule has 2 aromatic carbocycles. The van der Waals surface area contributed by atoms with Gasteiger partial charge in [0.25, 0.3) is 5.91 Å². The van der Waals surface area contributed by atoms with Gasteiger partial charge < -0.3 is 14.5 Å². The van der Waals surface area contributed by atoms with Crippen molar-refractivity contribution in [2.75, 3.05) is 0 Å². The van der Waals surface area contributed by atoms with Crippen molar-refractivity contribution in [3.63, 3.8) is 0 Å². The Morgan fingerprint density at radius 2 is 1.92 bits per heavy atom. The number of furan rings is 1. The van der Waals surface area contributed by atoms with E-state index < -0.39 is 0 Å². The Balaban J connectivity index is 1.53. The van der Waals surface area contributed by atoms with Crippen LogP contribution in [0.4, 0.5) is 4.39 Å². The summed E-state index contributed by atoms with van der Waals surface area (Å²) in [5.74, 6) is 0.734. The number of benzene rings is 2. The molecular formula is C19H15BrFNO3. The second-order valence-corrected chi connectivity index (χ2v) is 6.24. The van der Waals surface area contributed by atoms with Crippen LogP contribution in [0, 0.1) is 5.82 Å². The maximum atomic E-state index is 13.1. The van der Waals surface area contributed by atoms with Gasteiger partial charge in [0, 0.05) is 11.0 Å². The van der Waals surface area contributed by atoms with Gasteiger partial charge in [0.05, 0.1) is 0 Å². The Morgan fingerprint density at radius 1 is 1.12 bits per heavy atom. The smallest absolute Gasteiger partial charge is 0.287 e. The van der Waals surface area contributed by atoms with Gasteiger partial charge in [0.1, 0.15) is 23.9 Å². The molecule has 0 fully saturated rings. The van der Waals surface area contributed by atoms with Crippen LogP contribution in [0.5, 0.6) is 5.75 Å². The van der Waals surface area contributed by atoms with E-state index in [2.05, 4.69) is 21.2 Å². The summed E-state index contributed by atoms with van der Waals surface area (Å²) in [4.78, 5) is 12.1. The Morgan fingerprint density at radius 3 is 2.68 bits per heavy atom. The van der Waals surface area contributed by atoms with E-state index in [1.165, 1.54) is 12.1 Å².